The second-order valence-electron chi connectivity index (χ2n) is 4.46. The highest BCUT2D eigenvalue weighted by molar-refractivity contribution is 5.77. The molecule has 88 valence electrons. The summed E-state index contributed by atoms with van der Waals surface area (Å²) in [5.41, 5.74) is 0.635. The Morgan fingerprint density at radius 3 is 3.00 bits per heavy atom. The highest BCUT2D eigenvalue weighted by atomic mass is 16.3. The summed E-state index contributed by atoms with van der Waals surface area (Å²) in [6.07, 6.45) is 1.92. The van der Waals surface area contributed by atoms with Crippen molar-refractivity contribution in [1.82, 2.24) is 9.55 Å². The summed E-state index contributed by atoms with van der Waals surface area (Å²) >= 11 is 0. The highest BCUT2D eigenvalue weighted by Crippen LogP contribution is 2.22. The van der Waals surface area contributed by atoms with Crippen LogP contribution >= 0.6 is 0 Å². The van der Waals surface area contributed by atoms with Crippen molar-refractivity contribution in [3.8, 4) is 0 Å². The van der Waals surface area contributed by atoms with Gasteiger partial charge in [0.1, 0.15) is 11.9 Å². The number of aromatic nitrogens is 2. The maximum Gasteiger partial charge on any atom is 0.261 e. The van der Waals surface area contributed by atoms with Gasteiger partial charge in [-0.25, -0.2) is 4.98 Å². The van der Waals surface area contributed by atoms with Crippen LogP contribution < -0.4 is 5.56 Å². The van der Waals surface area contributed by atoms with Crippen LogP contribution in [0.1, 0.15) is 31.2 Å². The summed E-state index contributed by atoms with van der Waals surface area (Å²) in [4.78, 5) is 16.7. The van der Waals surface area contributed by atoms with Crippen LogP contribution in [-0.2, 0) is 6.54 Å². The lowest BCUT2D eigenvalue weighted by Gasteiger charge is -2.13. The van der Waals surface area contributed by atoms with Gasteiger partial charge in [0.15, 0.2) is 0 Å². The van der Waals surface area contributed by atoms with Crippen LogP contribution in [-0.4, -0.2) is 14.7 Å². The number of aliphatic hydroxyl groups excluding tert-OH is 1. The van der Waals surface area contributed by atoms with Crippen molar-refractivity contribution in [2.24, 2.45) is 0 Å². The zero-order valence-corrected chi connectivity index (χ0v) is 9.47. The largest absolute Gasteiger partial charge is 0.385 e. The molecule has 1 atom stereocenters. The first-order chi connectivity index (χ1) is 8.27. The number of hydrogen-bond acceptors (Lipinski definition) is 3. The Morgan fingerprint density at radius 1 is 1.29 bits per heavy atom. The number of rotatable bonds is 0. The minimum atomic E-state index is -0.616. The third-order valence-corrected chi connectivity index (χ3v) is 3.30. The Labute approximate surface area is 98.5 Å². The average Bonchev–Trinajstić information content (AvgIpc) is 2.53. The van der Waals surface area contributed by atoms with Crippen LogP contribution in [0.2, 0.25) is 0 Å². The molecular formula is C13H14N2O2. The molecular weight excluding hydrogens is 216 g/mol. The maximum absolute atomic E-state index is 12.3. The highest BCUT2D eigenvalue weighted by Gasteiger charge is 2.20. The topological polar surface area (TPSA) is 55.1 Å². The molecule has 1 aromatic heterocycles. The molecule has 0 aliphatic carbocycles. The normalized spacial score (nSPS) is 19.9. The lowest BCUT2D eigenvalue weighted by Crippen LogP contribution is -2.25. The standard InChI is InChI=1S/C13H14N2O2/c16-11-7-3-4-8-15-12(11)14-10-6-2-1-5-9(10)13(15)17/h1-2,5-6,11,16H,3-4,7-8H2. The summed E-state index contributed by atoms with van der Waals surface area (Å²) in [7, 11) is 0. The molecule has 3 rings (SSSR count). The molecule has 2 heterocycles. The van der Waals surface area contributed by atoms with Gasteiger partial charge in [0.2, 0.25) is 0 Å². The van der Waals surface area contributed by atoms with Gasteiger partial charge in [-0.3, -0.25) is 9.36 Å². The molecule has 4 heteroatoms. The minimum absolute atomic E-state index is 0.0356. The zero-order valence-electron chi connectivity index (χ0n) is 9.47. The van der Waals surface area contributed by atoms with Gasteiger partial charge in [0.25, 0.3) is 5.56 Å². The van der Waals surface area contributed by atoms with E-state index in [4.69, 9.17) is 0 Å². The van der Waals surface area contributed by atoms with E-state index in [0.29, 0.717) is 29.7 Å². The predicted octanol–water partition coefficient (Wildman–Crippen LogP) is 1.61. The SMILES string of the molecule is O=c1c2ccccc2nc2n1CCCCC2O. The Morgan fingerprint density at radius 2 is 2.12 bits per heavy atom. The van der Waals surface area contributed by atoms with Gasteiger partial charge >= 0.3 is 0 Å². The van der Waals surface area contributed by atoms with Crippen molar-refractivity contribution in [2.45, 2.75) is 31.9 Å². The van der Waals surface area contributed by atoms with Gasteiger partial charge < -0.3 is 5.11 Å². The van der Waals surface area contributed by atoms with E-state index in [1.54, 1.807) is 10.6 Å². The van der Waals surface area contributed by atoms with Crippen LogP contribution in [0.4, 0.5) is 0 Å². The summed E-state index contributed by atoms with van der Waals surface area (Å²) in [6.45, 7) is 0.656. The first kappa shape index (κ1) is 10.5. The first-order valence-corrected chi connectivity index (χ1v) is 5.95. The van der Waals surface area contributed by atoms with Crippen molar-refractivity contribution in [2.75, 3.05) is 0 Å². The fraction of sp³-hybridized carbons (Fsp3) is 0.385. The van der Waals surface area contributed by atoms with E-state index < -0.39 is 6.10 Å². The van der Waals surface area contributed by atoms with E-state index in [0.717, 1.165) is 12.8 Å². The molecule has 1 unspecified atom stereocenters. The van der Waals surface area contributed by atoms with E-state index in [9.17, 15) is 9.90 Å². The minimum Gasteiger partial charge on any atom is -0.385 e. The van der Waals surface area contributed by atoms with Gasteiger partial charge in [0, 0.05) is 6.54 Å². The van der Waals surface area contributed by atoms with Gasteiger partial charge in [-0.05, 0) is 31.4 Å². The molecule has 0 amide bonds. The predicted molar refractivity (Wildman–Crippen MR) is 64.8 cm³/mol. The van der Waals surface area contributed by atoms with Gasteiger partial charge in [-0.2, -0.15) is 0 Å². The van der Waals surface area contributed by atoms with Crippen molar-refractivity contribution in [3.05, 3.63) is 40.4 Å². The van der Waals surface area contributed by atoms with Crippen LogP contribution in [0.3, 0.4) is 0 Å². The number of para-hydroxylation sites is 1. The van der Waals surface area contributed by atoms with Crippen LogP contribution in [0.25, 0.3) is 10.9 Å². The molecule has 0 bridgehead atoms. The second-order valence-corrected chi connectivity index (χ2v) is 4.46. The molecule has 0 saturated heterocycles. The van der Waals surface area contributed by atoms with E-state index in [-0.39, 0.29) is 5.56 Å². The Hall–Kier alpha value is -1.68. The molecule has 17 heavy (non-hydrogen) atoms. The third kappa shape index (κ3) is 1.65. The van der Waals surface area contributed by atoms with Gasteiger partial charge in [-0.1, -0.05) is 12.1 Å². The number of nitrogens with zero attached hydrogens (tertiary/aromatic N) is 2. The lowest BCUT2D eigenvalue weighted by atomic mass is 10.2. The molecule has 1 aliphatic rings. The monoisotopic (exact) mass is 230 g/mol. The molecule has 4 nitrogen and oxygen atoms in total. The molecule has 0 spiro atoms. The van der Waals surface area contributed by atoms with Crippen molar-refractivity contribution >= 4 is 10.9 Å². The summed E-state index contributed by atoms with van der Waals surface area (Å²) in [5.74, 6) is 0.520. The van der Waals surface area contributed by atoms with Gasteiger partial charge in [0.05, 0.1) is 10.9 Å². The fourth-order valence-electron chi connectivity index (χ4n) is 2.39. The van der Waals surface area contributed by atoms with Crippen LogP contribution in [0.5, 0.6) is 0 Å². The molecule has 0 radical (unpaired) electrons. The Balaban J connectivity index is 2.36. The van der Waals surface area contributed by atoms with E-state index in [1.807, 2.05) is 18.2 Å². The summed E-state index contributed by atoms with van der Waals surface area (Å²) in [6, 6.07) is 7.30. The molecule has 1 aromatic carbocycles. The van der Waals surface area contributed by atoms with E-state index in [1.165, 1.54) is 0 Å². The van der Waals surface area contributed by atoms with Crippen molar-refractivity contribution in [3.63, 3.8) is 0 Å². The van der Waals surface area contributed by atoms with E-state index in [2.05, 4.69) is 4.98 Å². The molecule has 1 aliphatic heterocycles. The first-order valence-electron chi connectivity index (χ1n) is 5.95. The maximum atomic E-state index is 12.3. The molecule has 2 aromatic rings. The summed E-state index contributed by atoms with van der Waals surface area (Å²) < 4.78 is 1.62. The smallest absolute Gasteiger partial charge is 0.261 e. The number of fused-ring (bicyclic) bond motifs is 2. The van der Waals surface area contributed by atoms with Crippen molar-refractivity contribution < 1.29 is 5.11 Å². The van der Waals surface area contributed by atoms with Crippen molar-refractivity contribution in [1.29, 1.82) is 0 Å². The molecule has 0 fully saturated rings. The summed E-state index contributed by atoms with van der Waals surface area (Å²) in [5, 5.41) is 10.6. The molecule has 1 N–H and O–H groups in total. The molecule has 0 saturated carbocycles. The van der Waals surface area contributed by atoms with E-state index >= 15 is 0 Å². The second kappa shape index (κ2) is 3.96. The lowest BCUT2D eigenvalue weighted by molar-refractivity contribution is 0.156. The number of hydrogen-bond donors (Lipinski definition) is 1. The van der Waals surface area contributed by atoms with Gasteiger partial charge in [-0.15, -0.1) is 0 Å². The van der Waals surface area contributed by atoms with Crippen LogP contribution in [0.15, 0.2) is 29.1 Å². The zero-order chi connectivity index (χ0) is 11.8. The Bertz CT molecular complexity index is 618. The fourth-order valence-corrected chi connectivity index (χ4v) is 2.39. The van der Waals surface area contributed by atoms with Crippen LogP contribution in [0, 0.1) is 0 Å². The Kier molecular flexibility index (Phi) is 2.44. The number of benzene rings is 1. The average molecular weight is 230 g/mol. The third-order valence-electron chi connectivity index (χ3n) is 3.30. The quantitative estimate of drug-likeness (QED) is 0.748. The number of aliphatic hydroxyl groups is 1.